The summed E-state index contributed by atoms with van der Waals surface area (Å²) >= 11 is 1.85. The van der Waals surface area contributed by atoms with Gasteiger partial charge in [0, 0.05) is 31.9 Å². The van der Waals surface area contributed by atoms with E-state index in [1.54, 1.807) is 0 Å². The lowest BCUT2D eigenvalue weighted by Crippen LogP contribution is -2.00. The molecular weight excluding hydrogens is 591 g/mol. The highest BCUT2D eigenvalue weighted by Crippen LogP contribution is 2.49. The maximum atomic E-state index is 5.05. The number of rotatable bonds is 5. The predicted octanol–water partition coefficient (Wildman–Crippen LogP) is 11.5. The lowest BCUT2D eigenvalue weighted by atomic mass is 9.91. The maximum Gasteiger partial charge on any atom is 0.164 e. The molecule has 0 unspecified atom stereocenters. The first-order valence-corrected chi connectivity index (χ1v) is 16.5. The Labute approximate surface area is 277 Å². The Bertz CT molecular complexity index is 2420. The van der Waals surface area contributed by atoms with E-state index in [0.29, 0.717) is 17.5 Å². The van der Waals surface area contributed by atoms with Crippen LogP contribution in [0.2, 0.25) is 0 Å². The zero-order valence-electron chi connectivity index (χ0n) is 25.3. The molecule has 0 N–H and O–H groups in total. The van der Waals surface area contributed by atoms with Crippen LogP contribution in [0.5, 0.6) is 0 Å². The first-order valence-electron chi connectivity index (χ1n) is 15.7. The topological polar surface area (TPSA) is 38.7 Å². The summed E-state index contributed by atoms with van der Waals surface area (Å²) in [5.41, 5.74) is 10.1. The van der Waals surface area contributed by atoms with E-state index in [9.17, 15) is 0 Å². The zero-order valence-corrected chi connectivity index (χ0v) is 26.2. The second-order valence-corrected chi connectivity index (χ2v) is 12.7. The fourth-order valence-electron chi connectivity index (χ4n) is 6.45. The first kappa shape index (κ1) is 27.5. The third kappa shape index (κ3) is 5.00. The van der Waals surface area contributed by atoms with Gasteiger partial charge in [0.05, 0.1) is 0 Å². The number of benzene rings is 7. The fraction of sp³-hybridized carbons (Fsp3) is 0. The van der Waals surface area contributed by atoms with Crippen LogP contribution in [0, 0.1) is 0 Å². The predicted molar refractivity (Wildman–Crippen MR) is 194 cm³/mol. The summed E-state index contributed by atoms with van der Waals surface area (Å²) in [6.07, 6.45) is 0. The van der Waals surface area contributed by atoms with Crippen molar-refractivity contribution >= 4 is 22.5 Å². The van der Waals surface area contributed by atoms with E-state index in [2.05, 4.69) is 127 Å². The van der Waals surface area contributed by atoms with Gasteiger partial charge in [0.1, 0.15) is 0 Å². The van der Waals surface area contributed by atoms with Gasteiger partial charge in [-0.15, -0.1) is 0 Å². The van der Waals surface area contributed by atoms with Gasteiger partial charge in [0.2, 0.25) is 0 Å². The molecule has 47 heavy (non-hydrogen) atoms. The van der Waals surface area contributed by atoms with Crippen LogP contribution >= 0.6 is 11.8 Å². The van der Waals surface area contributed by atoms with Crippen molar-refractivity contribution in [2.45, 2.75) is 9.79 Å². The van der Waals surface area contributed by atoms with Crippen LogP contribution in [0.25, 0.3) is 78.3 Å². The minimum Gasteiger partial charge on any atom is -0.208 e. The molecule has 3 nitrogen and oxygen atoms in total. The summed E-state index contributed by atoms with van der Waals surface area (Å²) in [7, 11) is 0. The molecule has 1 aliphatic heterocycles. The molecule has 0 saturated carbocycles. The molecule has 9 rings (SSSR count). The van der Waals surface area contributed by atoms with Crippen LogP contribution in [0.15, 0.2) is 174 Å². The van der Waals surface area contributed by atoms with E-state index in [4.69, 9.17) is 15.0 Å². The number of fused-ring (bicyclic) bond motifs is 2. The minimum atomic E-state index is 0.648. The van der Waals surface area contributed by atoms with Crippen LogP contribution in [-0.4, -0.2) is 15.0 Å². The average Bonchev–Trinajstić information content (AvgIpc) is 3.16. The first-order chi connectivity index (χ1) is 23.3. The lowest BCUT2D eigenvalue weighted by molar-refractivity contribution is 1.07. The fourth-order valence-corrected chi connectivity index (χ4v) is 7.59. The van der Waals surface area contributed by atoms with Gasteiger partial charge in [0.25, 0.3) is 0 Å². The maximum absolute atomic E-state index is 5.05. The van der Waals surface area contributed by atoms with E-state index < -0.39 is 0 Å². The van der Waals surface area contributed by atoms with E-state index in [1.807, 2.05) is 48.2 Å². The molecule has 8 aromatic rings. The number of hydrogen-bond donors (Lipinski definition) is 0. The molecule has 7 aromatic carbocycles. The van der Waals surface area contributed by atoms with Crippen LogP contribution < -0.4 is 0 Å². The Morgan fingerprint density at radius 1 is 0.319 bits per heavy atom. The smallest absolute Gasteiger partial charge is 0.164 e. The molecule has 0 aliphatic carbocycles. The molecule has 0 fully saturated rings. The van der Waals surface area contributed by atoms with Gasteiger partial charge in [-0.2, -0.15) is 0 Å². The van der Waals surface area contributed by atoms with Gasteiger partial charge in [-0.25, -0.2) is 15.0 Å². The van der Waals surface area contributed by atoms with Crippen LogP contribution in [0.4, 0.5) is 0 Å². The number of hydrogen-bond acceptors (Lipinski definition) is 4. The highest BCUT2D eigenvalue weighted by Gasteiger charge is 2.21. The molecule has 0 radical (unpaired) electrons. The highest BCUT2D eigenvalue weighted by molar-refractivity contribution is 7.99. The molecule has 220 valence electrons. The largest absolute Gasteiger partial charge is 0.208 e. The monoisotopic (exact) mass is 617 g/mol. The normalized spacial score (nSPS) is 11.7. The second kappa shape index (κ2) is 11.5. The summed E-state index contributed by atoms with van der Waals surface area (Å²) in [6, 6.07) is 57.4. The van der Waals surface area contributed by atoms with Crippen molar-refractivity contribution in [1.82, 2.24) is 15.0 Å². The van der Waals surface area contributed by atoms with E-state index in [1.165, 1.54) is 42.8 Å². The third-order valence-electron chi connectivity index (χ3n) is 8.75. The van der Waals surface area contributed by atoms with E-state index in [0.717, 1.165) is 27.8 Å². The molecule has 0 saturated heterocycles. The van der Waals surface area contributed by atoms with E-state index in [-0.39, 0.29) is 0 Å². The molecule has 1 aromatic heterocycles. The van der Waals surface area contributed by atoms with Crippen molar-refractivity contribution in [2.24, 2.45) is 0 Å². The Morgan fingerprint density at radius 2 is 0.830 bits per heavy atom. The second-order valence-electron chi connectivity index (χ2n) is 11.6. The lowest BCUT2D eigenvalue weighted by Gasteiger charge is -2.21. The van der Waals surface area contributed by atoms with Crippen molar-refractivity contribution in [3.05, 3.63) is 164 Å². The van der Waals surface area contributed by atoms with Crippen molar-refractivity contribution in [1.29, 1.82) is 0 Å². The summed E-state index contributed by atoms with van der Waals surface area (Å²) < 4.78 is 0. The van der Waals surface area contributed by atoms with Gasteiger partial charge in [0.15, 0.2) is 17.5 Å². The SMILES string of the molecule is c1ccc(-c2ccc(-c3nc(-c4ccccc4)nc(-c4cccc(-c5ccc6c7c(cccc57)Sc5ccccc5-6)c4)n3)cc2)cc1. The molecule has 0 atom stereocenters. The van der Waals surface area contributed by atoms with Crippen LogP contribution in [0.1, 0.15) is 0 Å². The number of aromatic nitrogens is 3. The molecule has 1 aliphatic rings. The van der Waals surface area contributed by atoms with Gasteiger partial charge >= 0.3 is 0 Å². The Hall–Kier alpha value is -5.84. The van der Waals surface area contributed by atoms with Crippen molar-refractivity contribution in [3.8, 4) is 67.5 Å². The molecular formula is C43H27N3S. The molecule has 0 amide bonds. The summed E-state index contributed by atoms with van der Waals surface area (Å²) in [4.78, 5) is 17.6. The van der Waals surface area contributed by atoms with E-state index >= 15 is 0 Å². The molecule has 0 spiro atoms. The van der Waals surface area contributed by atoms with Crippen LogP contribution in [0.3, 0.4) is 0 Å². The van der Waals surface area contributed by atoms with Gasteiger partial charge in [-0.1, -0.05) is 157 Å². The van der Waals surface area contributed by atoms with Crippen molar-refractivity contribution < 1.29 is 0 Å². The third-order valence-corrected chi connectivity index (χ3v) is 9.88. The highest BCUT2D eigenvalue weighted by atomic mass is 32.2. The zero-order chi connectivity index (χ0) is 31.2. The van der Waals surface area contributed by atoms with Crippen molar-refractivity contribution in [2.75, 3.05) is 0 Å². The Morgan fingerprint density at radius 3 is 1.60 bits per heavy atom. The molecule has 2 heterocycles. The Kier molecular flexibility index (Phi) is 6.72. The summed E-state index contributed by atoms with van der Waals surface area (Å²) in [5.74, 6) is 1.95. The van der Waals surface area contributed by atoms with Gasteiger partial charge in [-0.3, -0.25) is 0 Å². The quantitative estimate of drug-likeness (QED) is 0.193. The minimum absolute atomic E-state index is 0.648. The van der Waals surface area contributed by atoms with Gasteiger partial charge < -0.3 is 0 Å². The summed E-state index contributed by atoms with van der Waals surface area (Å²) in [6.45, 7) is 0. The van der Waals surface area contributed by atoms with Crippen LogP contribution in [-0.2, 0) is 0 Å². The standard InChI is InChI=1S/C43H27N3S/c1-3-11-28(12-4-1)29-21-23-31(24-22-29)42-44-41(30-13-5-2-6-14-30)45-43(46-42)33-16-9-15-32(27-33)34-25-26-37-35-17-7-8-19-38(35)47-39-20-10-18-36(34)40(37)39/h1-27H. The Balaban J connectivity index is 1.16. The van der Waals surface area contributed by atoms with Crippen molar-refractivity contribution in [3.63, 3.8) is 0 Å². The average molecular weight is 618 g/mol. The molecule has 4 heteroatoms. The summed E-state index contributed by atoms with van der Waals surface area (Å²) in [5, 5.41) is 2.56. The molecule has 0 bridgehead atoms. The van der Waals surface area contributed by atoms with Gasteiger partial charge in [-0.05, 0) is 57.0 Å². The number of nitrogens with zero attached hydrogens (tertiary/aromatic N) is 3.